The van der Waals surface area contributed by atoms with Gasteiger partial charge in [-0.1, -0.05) is 48.0 Å². The molecule has 3 aromatic rings. The van der Waals surface area contributed by atoms with Crippen LogP contribution in [0.5, 0.6) is 0 Å². The molecule has 3 rings (SSSR count). The average Bonchev–Trinajstić information content (AvgIpc) is 2.69. The third kappa shape index (κ3) is 5.05. The summed E-state index contributed by atoms with van der Waals surface area (Å²) in [4.78, 5) is 36.6. The Morgan fingerprint density at radius 3 is 2.04 bits per heavy atom. The molecule has 0 saturated heterocycles. The van der Waals surface area contributed by atoms with Crippen molar-refractivity contribution in [1.29, 1.82) is 0 Å². The first-order chi connectivity index (χ1) is 13.5. The van der Waals surface area contributed by atoms with Crippen LogP contribution in [0.3, 0.4) is 0 Å². The first-order valence-electron chi connectivity index (χ1n) is 8.57. The van der Waals surface area contributed by atoms with Crippen molar-refractivity contribution in [3.63, 3.8) is 0 Å². The number of nitrogens with one attached hydrogen (secondary N) is 2. The molecule has 0 aliphatic carbocycles. The summed E-state index contributed by atoms with van der Waals surface area (Å²) in [7, 11) is 0. The maximum atomic E-state index is 12.4. The molecule has 0 bridgehead atoms. The topological polar surface area (TPSA) is 75.3 Å². The molecule has 28 heavy (non-hydrogen) atoms. The van der Waals surface area contributed by atoms with Crippen LogP contribution in [0.4, 0.5) is 11.4 Å². The van der Waals surface area contributed by atoms with Crippen LogP contribution in [0.2, 0.25) is 5.02 Å². The largest absolute Gasteiger partial charge is 0.326 e. The summed E-state index contributed by atoms with van der Waals surface area (Å²) in [5.41, 5.74) is 1.81. The quantitative estimate of drug-likeness (QED) is 0.467. The molecule has 0 aromatic heterocycles. The van der Waals surface area contributed by atoms with E-state index in [2.05, 4.69) is 10.6 Å². The van der Waals surface area contributed by atoms with Crippen molar-refractivity contribution in [3.05, 3.63) is 95.0 Å². The minimum absolute atomic E-state index is 0.170. The monoisotopic (exact) mass is 392 g/mol. The number of amides is 2. The van der Waals surface area contributed by atoms with E-state index in [1.165, 1.54) is 12.1 Å². The van der Waals surface area contributed by atoms with Crippen LogP contribution in [-0.2, 0) is 4.79 Å². The van der Waals surface area contributed by atoms with E-state index in [0.717, 1.165) is 0 Å². The van der Waals surface area contributed by atoms with E-state index < -0.39 is 11.7 Å². The number of carbonyl (C=O) groups excluding carboxylic acids is 3. The number of para-hydroxylation sites is 1. The third-order valence-electron chi connectivity index (χ3n) is 3.94. The molecular weight excluding hydrogens is 376 g/mol. The van der Waals surface area contributed by atoms with Crippen molar-refractivity contribution >= 4 is 40.6 Å². The minimum Gasteiger partial charge on any atom is -0.326 e. The van der Waals surface area contributed by atoms with Gasteiger partial charge in [0.05, 0.1) is 11.4 Å². The summed E-state index contributed by atoms with van der Waals surface area (Å²) in [5.74, 6) is -1.11. The first kappa shape index (κ1) is 19.3. The van der Waals surface area contributed by atoms with Crippen molar-refractivity contribution in [2.24, 2.45) is 0 Å². The Hall–Kier alpha value is -3.44. The molecule has 6 heteroatoms. The molecule has 2 N–H and O–H groups in total. The van der Waals surface area contributed by atoms with Crippen molar-refractivity contribution < 1.29 is 14.4 Å². The maximum absolute atomic E-state index is 12.4. The molecule has 140 valence electrons. The number of rotatable bonds is 6. The highest BCUT2D eigenvalue weighted by Crippen LogP contribution is 2.23. The second kappa shape index (κ2) is 8.97. The lowest BCUT2D eigenvalue weighted by Gasteiger charge is -2.09. The molecular formula is C22H17ClN2O3. The zero-order chi connectivity index (χ0) is 19.9. The first-order valence-corrected chi connectivity index (χ1v) is 8.95. The van der Waals surface area contributed by atoms with Crippen molar-refractivity contribution in [1.82, 2.24) is 0 Å². The van der Waals surface area contributed by atoms with Crippen LogP contribution in [-0.4, -0.2) is 17.6 Å². The Labute approximate surface area is 167 Å². The van der Waals surface area contributed by atoms with Crippen LogP contribution in [0.15, 0.2) is 78.9 Å². The van der Waals surface area contributed by atoms with Gasteiger partial charge in [-0.3, -0.25) is 14.4 Å². The number of benzene rings is 3. The van der Waals surface area contributed by atoms with Gasteiger partial charge in [0.1, 0.15) is 0 Å². The molecule has 5 nitrogen and oxygen atoms in total. The number of halogens is 1. The lowest BCUT2D eigenvalue weighted by Crippen LogP contribution is -2.17. The number of Topliss-reactive ketones (excluding diaryl/α,β-unsaturated/α-hetero) is 1. The molecule has 0 unspecified atom stereocenters. The van der Waals surface area contributed by atoms with Crippen molar-refractivity contribution in [2.45, 2.75) is 6.42 Å². The molecule has 0 heterocycles. The Bertz CT molecular complexity index is 1000. The Kier molecular flexibility index (Phi) is 6.19. The molecule has 2 amide bonds. The smallest absolute Gasteiger partial charge is 0.255 e. The van der Waals surface area contributed by atoms with Gasteiger partial charge in [-0.25, -0.2) is 0 Å². The highest BCUT2D eigenvalue weighted by molar-refractivity contribution is 6.35. The lowest BCUT2D eigenvalue weighted by atomic mass is 10.1. The number of hydrogen-bond acceptors (Lipinski definition) is 3. The minimum atomic E-state index is -0.422. The van der Waals surface area contributed by atoms with Crippen molar-refractivity contribution in [2.75, 3.05) is 10.6 Å². The molecule has 0 radical (unpaired) electrons. The summed E-state index contributed by atoms with van der Waals surface area (Å²) in [6.45, 7) is 0. The van der Waals surface area contributed by atoms with Crippen LogP contribution in [0.1, 0.15) is 27.1 Å². The van der Waals surface area contributed by atoms with E-state index in [0.29, 0.717) is 16.9 Å². The van der Waals surface area contributed by atoms with Crippen LogP contribution < -0.4 is 10.6 Å². The summed E-state index contributed by atoms with van der Waals surface area (Å²) < 4.78 is 0. The average molecular weight is 393 g/mol. The summed E-state index contributed by atoms with van der Waals surface area (Å²) in [5, 5.41) is 5.55. The van der Waals surface area contributed by atoms with Gasteiger partial charge in [-0.15, -0.1) is 0 Å². The highest BCUT2D eigenvalue weighted by atomic mass is 35.5. The normalized spacial score (nSPS) is 10.2. The summed E-state index contributed by atoms with van der Waals surface area (Å²) in [6, 6.07) is 22.2. The van der Waals surface area contributed by atoms with Gasteiger partial charge in [0.15, 0.2) is 5.78 Å². The summed E-state index contributed by atoms with van der Waals surface area (Å²) >= 11 is 6.19. The van der Waals surface area contributed by atoms with E-state index >= 15 is 0 Å². The van der Waals surface area contributed by atoms with Gasteiger partial charge in [-0.2, -0.15) is 0 Å². The zero-order valence-corrected chi connectivity index (χ0v) is 15.6. The Morgan fingerprint density at radius 2 is 1.39 bits per heavy atom. The SMILES string of the molecule is O=C(CC(=O)c1ccc(NC(=O)c2ccccc2)cc1Cl)Nc1ccccc1. The van der Waals surface area contributed by atoms with E-state index in [1.54, 1.807) is 54.6 Å². The second-order valence-electron chi connectivity index (χ2n) is 6.03. The van der Waals surface area contributed by atoms with E-state index in [1.807, 2.05) is 12.1 Å². The molecule has 0 aliphatic heterocycles. The van der Waals surface area contributed by atoms with Gasteiger partial charge < -0.3 is 10.6 Å². The molecule has 0 aliphatic rings. The van der Waals surface area contributed by atoms with E-state index in [9.17, 15) is 14.4 Å². The predicted molar refractivity (Wildman–Crippen MR) is 110 cm³/mol. The van der Waals surface area contributed by atoms with Gasteiger partial charge in [0, 0.05) is 22.5 Å². The predicted octanol–water partition coefficient (Wildman–Crippen LogP) is 4.80. The fraction of sp³-hybridized carbons (Fsp3) is 0.0455. The van der Waals surface area contributed by atoms with Gasteiger partial charge in [0.25, 0.3) is 5.91 Å². The molecule has 3 aromatic carbocycles. The van der Waals surface area contributed by atoms with Crippen LogP contribution in [0.25, 0.3) is 0 Å². The van der Waals surface area contributed by atoms with Crippen LogP contribution >= 0.6 is 11.6 Å². The summed E-state index contributed by atoms with van der Waals surface area (Å²) in [6.07, 6.45) is -0.329. The van der Waals surface area contributed by atoms with Gasteiger partial charge in [0.2, 0.25) is 5.91 Å². The molecule has 0 atom stereocenters. The Morgan fingerprint density at radius 1 is 0.750 bits per heavy atom. The van der Waals surface area contributed by atoms with Gasteiger partial charge >= 0.3 is 0 Å². The fourth-order valence-electron chi connectivity index (χ4n) is 2.58. The van der Waals surface area contributed by atoms with Gasteiger partial charge in [-0.05, 0) is 42.5 Å². The van der Waals surface area contributed by atoms with Crippen molar-refractivity contribution in [3.8, 4) is 0 Å². The standard InChI is InChI=1S/C22H17ClN2O3/c23-19-13-17(25-22(28)15-7-3-1-4-8-15)11-12-18(19)20(26)14-21(27)24-16-9-5-2-6-10-16/h1-13H,14H2,(H,24,27)(H,25,28). The maximum Gasteiger partial charge on any atom is 0.255 e. The number of carbonyl (C=O) groups is 3. The molecule has 0 saturated carbocycles. The number of anilines is 2. The zero-order valence-electron chi connectivity index (χ0n) is 14.8. The third-order valence-corrected chi connectivity index (χ3v) is 4.25. The highest BCUT2D eigenvalue weighted by Gasteiger charge is 2.16. The van der Waals surface area contributed by atoms with E-state index in [4.69, 9.17) is 11.6 Å². The number of ketones is 1. The Balaban J connectivity index is 1.64. The molecule has 0 fully saturated rings. The second-order valence-corrected chi connectivity index (χ2v) is 6.44. The molecule has 0 spiro atoms. The van der Waals surface area contributed by atoms with Crippen LogP contribution in [0, 0.1) is 0 Å². The fourth-order valence-corrected chi connectivity index (χ4v) is 2.87. The lowest BCUT2D eigenvalue weighted by molar-refractivity contribution is -0.115. The number of hydrogen-bond donors (Lipinski definition) is 2. The van der Waals surface area contributed by atoms with E-state index in [-0.39, 0.29) is 22.9 Å².